The third-order valence-corrected chi connectivity index (χ3v) is 2.62. The zero-order valence-corrected chi connectivity index (χ0v) is 11.5. The number of esters is 2. The molecule has 0 fully saturated rings. The fourth-order valence-corrected chi connectivity index (χ4v) is 1.66. The largest absolute Gasteiger partial charge is 0.466 e. The highest BCUT2D eigenvalue weighted by atomic mass is 16.6. The predicted octanol–water partition coefficient (Wildman–Crippen LogP) is 1.67. The summed E-state index contributed by atoms with van der Waals surface area (Å²) in [6.07, 6.45) is 1.74. The third kappa shape index (κ3) is 6.00. The Morgan fingerprint density at radius 2 is 1.56 bits per heavy atom. The van der Waals surface area contributed by atoms with Crippen LogP contribution in [0.15, 0.2) is 0 Å². The Morgan fingerprint density at radius 1 is 1.00 bits per heavy atom. The van der Waals surface area contributed by atoms with Crippen molar-refractivity contribution in [3.63, 3.8) is 0 Å². The second kappa shape index (κ2) is 9.88. The van der Waals surface area contributed by atoms with E-state index in [9.17, 15) is 14.7 Å². The first kappa shape index (κ1) is 16.9. The lowest BCUT2D eigenvalue weighted by molar-refractivity contribution is -0.166. The highest BCUT2D eigenvalue weighted by Gasteiger charge is 2.33. The molecule has 0 unspecified atom stereocenters. The van der Waals surface area contributed by atoms with Crippen molar-refractivity contribution in [2.75, 3.05) is 13.2 Å². The number of carbonyl (C=O) groups is 2. The Hall–Kier alpha value is -1.10. The minimum Gasteiger partial charge on any atom is -0.466 e. The van der Waals surface area contributed by atoms with E-state index in [0.29, 0.717) is 6.42 Å². The smallest absolute Gasteiger partial charge is 0.335 e. The van der Waals surface area contributed by atoms with Gasteiger partial charge in [-0.1, -0.05) is 26.2 Å². The number of rotatable bonds is 9. The molecule has 0 saturated carbocycles. The Kier molecular flexibility index (Phi) is 9.28. The fraction of sp³-hybridized carbons (Fsp3) is 0.846. The lowest BCUT2D eigenvalue weighted by Crippen LogP contribution is -2.37. The van der Waals surface area contributed by atoms with Gasteiger partial charge in [-0.2, -0.15) is 0 Å². The van der Waals surface area contributed by atoms with E-state index in [0.717, 1.165) is 19.3 Å². The molecule has 2 atom stereocenters. The molecule has 0 amide bonds. The molecular formula is C13H24O5. The van der Waals surface area contributed by atoms with E-state index in [4.69, 9.17) is 9.47 Å². The molecular weight excluding hydrogens is 236 g/mol. The number of carbonyl (C=O) groups excluding carboxylic acids is 2. The summed E-state index contributed by atoms with van der Waals surface area (Å²) in [7, 11) is 0. The van der Waals surface area contributed by atoms with Crippen molar-refractivity contribution in [3.8, 4) is 0 Å². The summed E-state index contributed by atoms with van der Waals surface area (Å²) < 4.78 is 9.60. The van der Waals surface area contributed by atoms with Gasteiger partial charge < -0.3 is 14.6 Å². The number of aliphatic hydroxyl groups is 1. The number of ether oxygens (including phenoxy) is 2. The van der Waals surface area contributed by atoms with E-state index >= 15 is 0 Å². The van der Waals surface area contributed by atoms with E-state index in [1.807, 2.05) is 6.92 Å². The average Bonchev–Trinajstić information content (AvgIpc) is 2.34. The van der Waals surface area contributed by atoms with Crippen molar-refractivity contribution in [2.45, 2.75) is 52.6 Å². The van der Waals surface area contributed by atoms with Gasteiger partial charge in [-0.05, 0) is 20.3 Å². The molecule has 0 aromatic heterocycles. The normalized spacial score (nSPS) is 13.8. The minimum atomic E-state index is -1.43. The maximum atomic E-state index is 11.7. The standard InChI is InChI=1S/C13H24O5/c1-4-7-8-9-10(12(15)17-5-2)11(14)13(16)18-6-3/h10-11,14H,4-9H2,1-3H3/t10-,11+/m1/s1. The Balaban J connectivity index is 4.52. The van der Waals surface area contributed by atoms with Crippen LogP contribution in [0.3, 0.4) is 0 Å². The molecule has 0 aliphatic carbocycles. The topological polar surface area (TPSA) is 72.8 Å². The summed E-state index contributed by atoms with van der Waals surface area (Å²) in [5, 5.41) is 9.83. The highest BCUT2D eigenvalue weighted by molar-refractivity contribution is 5.83. The van der Waals surface area contributed by atoms with E-state index in [2.05, 4.69) is 0 Å². The summed E-state index contributed by atoms with van der Waals surface area (Å²) in [6.45, 7) is 5.80. The van der Waals surface area contributed by atoms with Crippen LogP contribution in [-0.4, -0.2) is 36.4 Å². The van der Waals surface area contributed by atoms with Crippen molar-refractivity contribution in [1.29, 1.82) is 0 Å². The summed E-state index contributed by atoms with van der Waals surface area (Å²) in [6, 6.07) is 0. The molecule has 106 valence electrons. The summed E-state index contributed by atoms with van der Waals surface area (Å²) in [5.41, 5.74) is 0. The summed E-state index contributed by atoms with van der Waals surface area (Å²) >= 11 is 0. The van der Waals surface area contributed by atoms with E-state index in [1.165, 1.54) is 0 Å². The van der Waals surface area contributed by atoms with Gasteiger partial charge in [0.1, 0.15) is 0 Å². The van der Waals surface area contributed by atoms with Gasteiger partial charge >= 0.3 is 11.9 Å². The van der Waals surface area contributed by atoms with Crippen LogP contribution in [0, 0.1) is 5.92 Å². The van der Waals surface area contributed by atoms with Crippen LogP contribution in [0.5, 0.6) is 0 Å². The van der Waals surface area contributed by atoms with Crippen LogP contribution >= 0.6 is 0 Å². The first-order valence-electron chi connectivity index (χ1n) is 6.59. The summed E-state index contributed by atoms with van der Waals surface area (Å²) in [4.78, 5) is 23.1. The van der Waals surface area contributed by atoms with Crippen molar-refractivity contribution < 1.29 is 24.2 Å². The molecule has 0 aliphatic rings. The average molecular weight is 260 g/mol. The van der Waals surface area contributed by atoms with Gasteiger partial charge in [0.2, 0.25) is 0 Å². The van der Waals surface area contributed by atoms with Crippen LogP contribution in [0.2, 0.25) is 0 Å². The zero-order chi connectivity index (χ0) is 14.0. The van der Waals surface area contributed by atoms with E-state index in [-0.39, 0.29) is 13.2 Å². The van der Waals surface area contributed by atoms with Crippen molar-refractivity contribution in [2.24, 2.45) is 5.92 Å². The molecule has 0 aromatic rings. The lowest BCUT2D eigenvalue weighted by atomic mass is 9.95. The minimum absolute atomic E-state index is 0.181. The van der Waals surface area contributed by atoms with Gasteiger partial charge in [0, 0.05) is 0 Å². The maximum Gasteiger partial charge on any atom is 0.335 e. The molecule has 1 N–H and O–H groups in total. The van der Waals surface area contributed by atoms with E-state index in [1.54, 1.807) is 13.8 Å². The Morgan fingerprint density at radius 3 is 2.06 bits per heavy atom. The molecule has 0 aromatic carbocycles. The first-order chi connectivity index (χ1) is 8.58. The molecule has 0 rings (SSSR count). The van der Waals surface area contributed by atoms with Crippen molar-refractivity contribution >= 4 is 11.9 Å². The third-order valence-electron chi connectivity index (χ3n) is 2.62. The van der Waals surface area contributed by atoms with Gasteiger partial charge in [0.15, 0.2) is 6.10 Å². The van der Waals surface area contributed by atoms with Crippen molar-refractivity contribution in [3.05, 3.63) is 0 Å². The predicted molar refractivity (Wildman–Crippen MR) is 66.9 cm³/mol. The monoisotopic (exact) mass is 260 g/mol. The van der Waals surface area contributed by atoms with Crippen molar-refractivity contribution in [1.82, 2.24) is 0 Å². The molecule has 0 heterocycles. The SMILES string of the molecule is CCCCC[C@@H](C(=O)OCC)[C@H](O)C(=O)OCC. The van der Waals surface area contributed by atoms with Crippen LogP contribution < -0.4 is 0 Å². The van der Waals surface area contributed by atoms with Crippen LogP contribution in [-0.2, 0) is 19.1 Å². The highest BCUT2D eigenvalue weighted by Crippen LogP contribution is 2.17. The molecule has 18 heavy (non-hydrogen) atoms. The maximum absolute atomic E-state index is 11.7. The number of aliphatic hydroxyl groups excluding tert-OH is 1. The molecule has 5 nitrogen and oxygen atoms in total. The van der Waals surface area contributed by atoms with E-state index < -0.39 is 24.0 Å². The van der Waals surface area contributed by atoms with Crippen LogP contribution in [0.1, 0.15) is 46.5 Å². The second-order valence-corrected chi connectivity index (χ2v) is 4.05. The van der Waals surface area contributed by atoms with Gasteiger partial charge in [0.25, 0.3) is 0 Å². The molecule has 0 spiro atoms. The van der Waals surface area contributed by atoms with Gasteiger partial charge in [-0.3, -0.25) is 4.79 Å². The number of hydrogen-bond donors (Lipinski definition) is 1. The molecule has 0 radical (unpaired) electrons. The van der Waals surface area contributed by atoms with Crippen LogP contribution in [0.25, 0.3) is 0 Å². The Labute approximate surface area is 108 Å². The fourth-order valence-electron chi connectivity index (χ4n) is 1.66. The molecule has 0 bridgehead atoms. The quantitative estimate of drug-likeness (QED) is 0.504. The van der Waals surface area contributed by atoms with Crippen LogP contribution in [0.4, 0.5) is 0 Å². The molecule has 0 aliphatic heterocycles. The van der Waals surface area contributed by atoms with Gasteiger partial charge in [-0.25, -0.2) is 4.79 Å². The van der Waals surface area contributed by atoms with Gasteiger partial charge in [0.05, 0.1) is 19.1 Å². The first-order valence-corrected chi connectivity index (χ1v) is 6.59. The zero-order valence-electron chi connectivity index (χ0n) is 11.5. The molecule has 5 heteroatoms. The Bertz CT molecular complexity index is 252. The molecule has 0 saturated heterocycles. The number of unbranched alkanes of at least 4 members (excludes halogenated alkanes) is 2. The summed E-state index contributed by atoms with van der Waals surface area (Å²) in [5.74, 6) is -2.11. The number of hydrogen-bond acceptors (Lipinski definition) is 5. The second-order valence-electron chi connectivity index (χ2n) is 4.05. The van der Waals surface area contributed by atoms with Gasteiger partial charge in [-0.15, -0.1) is 0 Å². The lowest BCUT2D eigenvalue weighted by Gasteiger charge is -2.19.